The van der Waals surface area contributed by atoms with Crippen LogP contribution in [0.15, 0.2) is 12.7 Å². The van der Waals surface area contributed by atoms with Crippen molar-refractivity contribution >= 4 is 6.29 Å². The second-order valence-electron chi connectivity index (χ2n) is 4.88. The molecule has 2 heterocycles. The van der Waals surface area contributed by atoms with Crippen LogP contribution < -0.4 is 0 Å². The lowest BCUT2D eigenvalue weighted by atomic mass is 10.0. The van der Waals surface area contributed by atoms with Crippen LogP contribution in [0.3, 0.4) is 0 Å². The SMILES string of the molecule is C=C[C@@H]1OC(C)(C)O[C@@H]1[C@@H]1C[C@H](O)C(C=O)O1. The number of carbonyl (C=O) groups excluding carboxylic acids is 1. The summed E-state index contributed by atoms with van der Waals surface area (Å²) in [6.45, 7) is 7.32. The molecular weight excluding hydrogens is 224 g/mol. The molecule has 0 aromatic heterocycles. The van der Waals surface area contributed by atoms with Gasteiger partial charge in [0, 0.05) is 6.42 Å². The molecule has 0 amide bonds. The van der Waals surface area contributed by atoms with Gasteiger partial charge in [-0.3, -0.25) is 0 Å². The molecule has 0 aromatic carbocycles. The Kier molecular flexibility index (Phi) is 3.36. The van der Waals surface area contributed by atoms with Crippen molar-refractivity contribution in [3.05, 3.63) is 12.7 Å². The first-order valence-corrected chi connectivity index (χ1v) is 5.74. The summed E-state index contributed by atoms with van der Waals surface area (Å²) in [4.78, 5) is 10.7. The van der Waals surface area contributed by atoms with Crippen LogP contribution in [-0.4, -0.2) is 47.7 Å². The molecule has 5 heteroatoms. The predicted octanol–water partition coefficient (Wildman–Crippen LogP) is 0.410. The van der Waals surface area contributed by atoms with Crippen LogP contribution in [-0.2, 0) is 19.0 Å². The summed E-state index contributed by atoms with van der Waals surface area (Å²) in [6.07, 6.45) is 0.156. The summed E-state index contributed by atoms with van der Waals surface area (Å²) in [5.41, 5.74) is 0. The Balaban J connectivity index is 2.08. The second kappa shape index (κ2) is 4.49. The molecule has 2 saturated heterocycles. The van der Waals surface area contributed by atoms with Crippen molar-refractivity contribution in [2.45, 2.75) is 56.6 Å². The highest BCUT2D eigenvalue weighted by Crippen LogP contribution is 2.35. The Bertz CT molecular complexity index is 314. The number of aldehydes is 1. The summed E-state index contributed by atoms with van der Waals surface area (Å²) >= 11 is 0. The molecule has 2 rings (SSSR count). The first-order valence-electron chi connectivity index (χ1n) is 5.74. The molecule has 0 saturated carbocycles. The largest absolute Gasteiger partial charge is 0.390 e. The van der Waals surface area contributed by atoms with Crippen molar-refractivity contribution in [3.8, 4) is 0 Å². The summed E-state index contributed by atoms with van der Waals surface area (Å²) in [6, 6.07) is 0. The van der Waals surface area contributed by atoms with Gasteiger partial charge in [0.05, 0.1) is 12.2 Å². The van der Waals surface area contributed by atoms with Crippen LogP contribution in [0.25, 0.3) is 0 Å². The monoisotopic (exact) mass is 242 g/mol. The fraction of sp³-hybridized carbons (Fsp3) is 0.750. The van der Waals surface area contributed by atoms with Gasteiger partial charge >= 0.3 is 0 Å². The second-order valence-corrected chi connectivity index (χ2v) is 4.88. The molecule has 5 nitrogen and oxygen atoms in total. The summed E-state index contributed by atoms with van der Waals surface area (Å²) in [5.74, 6) is -0.697. The van der Waals surface area contributed by atoms with Crippen molar-refractivity contribution in [2.24, 2.45) is 0 Å². The van der Waals surface area contributed by atoms with E-state index in [4.69, 9.17) is 14.2 Å². The van der Waals surface area contributed by atoms with Gasteiger partial charge in [-0.15, -0.1) is 6.58 Å². The highest BCUT2D eigenvalue weighted by molar-refractivity contribution is 5.57. The molecule has 2 fully saturated rings. The zero-order valence-electron chi connectivity index (χ0n) is 10.0. The Morgan fingerprint density at radius 2 is 2.06 bits per heavy atom. The first kappa shape index (κ1) is 12.7. The lowest BCUT2D eigenvalue weighted by molar-refractivity contribution is -0.157. The van der Waals surface area contributed by atoms with Crippen LogP contribution in [0, 0.1) is 0 Å². The lowest BCUT2D eigenvalue weighted by Gasteiger charge is -2.21. The minimum atomic E-state index is -0.768. The van der Waals surface area contributed by atoms with Crippen molar-refractivity contribution in [1.29, 1.82) is 0 Å². The van der Waals surface area contributed by atoms with E-state index in [9.17, 15) is 9.90 Å². The Morgan fingerprint density at radius 1 is 1.35 bits per heavy atom. The van der Waals surface area contributed by atoms with Crippen LogP contribution in [0.1, 0.15) is 20.3 Å². The van der Waals surface area contributed by atoms with Crippen molar-refractivity contribution in [2.75, 3.05) is 0 Å². The summed E-state index contributed by atoms with van der Waals surface area (Å²) in [7, 11) is 0. The van der Waals surface area contributed by atoms with E-state index in [1.165, 1.54) is 0 Å². The van der Waals surface area contributed by atoms with Crippen LogP contribution in [0.5, 0.6) is 0 Å². The van der Waals surface area contributed by atoms with Gasteiger partial charge in [0.15, 0.2) is 12.1 Å². The third kappa shape index (κ3) is 2.42. The number of hydrogen-bond donors (Lipinski definition) is 1. The molecule has 2 aliphatic heterocycles. The van der Waals surface area contributed by atoms with Crippen molar-refractivity contribution < 1.29 is 24.1 Å². The molecule has 0 bridgehead atoms. The minimum absolute atomic E-state index is 0.285. The van der Waals surface area contributed by atoms with E-state index in [-0.39, 0.29) is 18.3 Å². The topological polar surface area (TPSA) is 65.0 Å². The van der Waals surface area contributed by atoms with E-state index in [0.29, 0.717) is 12.7 Å². The Morgan fingerprint density at radius 3 is 2.59 bits per heavy atom. The molecule has 5 atom stereocenters. The van der Waals surface area contributed by atoms with Gasteiger partial charge in [-0.25, -0.2) is 0 Å². The fourth-order valence-corrected chi connectivity index (χ4v) is 2.34. The number of aliphatic hydroxyl groups is 1. The fourth-order valence-electron chi connectivity index (χ4n) is 2.34. The van der Waals surface area contributed by atoms with Crippen molar-refractivity contribution in [1.82, 2.24) is 0 Å². The van der Waals surface area contributed by atoms with Crippen LogP contribution in [0.4, 0.5) is 0 Å². The number of rotatable bonds is 3. The Labute approximate surface area is 100 Å². The molecular formula is C12H18O5. The van der Waals surface area contributed by atoms with Gasteiger partial charge in [-0.2, -0.15) is 0 Å². The summed E-state index contributed by atoms with van der Waals surface area (Å²) in [5, 5.41) is 9.63. The molecule has 0 radical (unpaired) electrons. The summed E-state index contributed by atoms with van der Waals surface area (Å²) < 4.78 is 16.8. The van der Waals surface area contributed by atoms with Gasteiger partial charge in [-0.1, -0.05) is 6.08 Å². The Hall–Kier alpha value is -0.750. The first-order chi connectivity index (χ1) is 7.96. The third-order valence-corrected chi connectivity index (χ3v) is 3.08. The van der Waals surface area contributed by atoms with E-state index in [2.05, 4.69) is 6.58 Å². The number of carbonyl (C=O) groups is 1. The quantitative estimate of drug-likeness (QED) is 0.573. The molecule has 1 unspecified atom stereocenters. The van der Waals surface area contributed by atoms with Gasteiger partial charge in [0.1, 0.15) is 18.3 Å². The van der Waals surface area contributed by atoms with E-state index in [0.717, 1.165) is 0 Å². The molecule has 2 aliphatic rings. The normalized spacial score (nSPS) is 44.8. The van der Waals surface area contributed by atoms with E-state index < -0.39 is 18.0 Å². The maximum Gasteiger partial charge on any atom is 0.164 e. The molecule has 0 aromatic rings. The zero-order chi connectivity index (χ0) is 12.6. The lowest BCUT2D eigenvalue weighted by Crippen LogP contribution is -2.34. The highest BCUT2D eigenvalue weighted by Gasteiger charge is 2.48. The van der Waals surface area contributed by atoms with E-state index in [1.54, 1.807) is 6.08 Å². The number of hydrogen-bond acceptors (Lipinski definition) is 5. The van der Waals surface area contributed by atoms with Gasteiger partial charge in [-0.05, 0) is 13.8 Å². The van der Waals surface area contributed by atoms with E-state index in [1.807, 2.05) is 13.8 Å². The standard InChI is InChI=1S/C12H18O5/c1-4-8-11(17-12(2,3)16-8)9-5-7(14)10(6-13)15-9/h4,6-11,14H,1,5H2,2-3H3/t7-,8-,9-,10?,11-/m0/s1. The molecule has 0 aliphatic carbocycles. The van der Waals surface area contributed by atoms with Gasteiger partial charge in [0.2, 0.25) is 0 Å². The van der Waals surface area contributed by atoms with Gasteiger partial charge in [0.25, 0.3) is 0 Å². The maximum atomic E-state index is 10.7. The number of ether oxygens (including phenoxy) is 3. The maximum absolute atomic E-state index is 10.7. The van der Waals surface area contributed by atoms with Crippen LogP contribution >= 0.6 is 0 Å². The van der Waals surface area contributed by atoms with Gasteiger partial charge < -0.3 is 24.1 Å². The molecule has 96 valence electrons. The van der Waals surface area contributed by atoms with Crippen molar-refractivity contribution in [3.63, 3.8) is 0 Å². The minimum Gasteiger partial charge on any atom is -0.390 e. The predicted molar refractivity (Wildman–Crippen MR) is 59.4 cm³/mol. The smallest absolute Gasteiger partial charge is 0.164 e. The molecule has 17 heavy (non-hydrogen) atoms. The molecule has 0 spiro atoms. The van der Waals surface area contributed by atoms with Crippen LogP contribution in [0.2, 0.25) is 0 Å². The molecule has 1 N–H and O–H groups in total. The van der Waals surface area contributed by atoms with E-state index >= 15 is 0 Å². The highest BCUT2D eigenvalue weighted by atomic mass is 16.8. The number of aliphatic hydroxyl groups excluding tert-OH is 1. The average Bonchev–Trinajstić information content (AvgIpc) is 2.78. The zero-order valence-corrected chi connectivity index (χ0v) is 10.0. The average molecular weight is 242 g/mol. The third-order valence-electron chi connectivity index (χ3n) is 3.08.